The van der Waals surface area contributed by atoms with Gasteiger partial charge in [0, 0.05) is 19.0 Å². The first-order valence-electron chi connectivity index (χ1n) is 6.52. The minimum atomic E-state index is 0. The average molecular weight is 261 g/mol. The fourth-order valence-corrected chi connectivity index (χ4v) is 2.63. The number of nitrogens with zero attached hydrogens (tertiary/aromatic N) is 1. The van der Waals surface area contributed by atoms with Crippen molar-refractivity contribution in [1.29, 1.82) is 0 Å². The van der Waals surface area contributed by atoms with E-state index in [1.54, 1.807) is 0 Å². The van der Waals surface area contributed by atoms with E-state index in [-0.39, 0.29) is 18.3 Å². The summed E-state index contributed by atoms with van der Waals surface area (Å²) in [5.41, 5.74) is 0.400. The van der Waals surface area contributed by atoms with Crippen molar-refractivity contribution in [2.75, 3.05) is 20.1 Å². The zero-order chi connectivity index (χ0) is 11.8. The first kappa shape index (κ1) is 14.8. The monoisotopic (exact) mass is 260 g/mol. The number of amides is 1. The SMILES string of the molecule is CC(N(C)C(=O)C1CCNCC1)C1(C)CC1.Cl. The lowest BCUT2D eigenvalue weighted by atomic mass is 9.93. The number of hydrogen-bond donors (Lipinski definition) is 1. The van der Waals surface area contributed by atoms with Crippen LogP contribution in [-0.2, 0) is 4.79 Å². The highest BCUT2D eigenvalue weighted by atomic mass is 35.5. The molecule has 1 amide bonds. The molecule has 1 N–H and O–H groups in total. The number of hydrogen-bond acceptors (Lipinski definition) is 2. The normalized spacial score (nSPS) is 24.6. The van der Waals surface area contributed by atoms with E-state index in [9.17, 15) is 4.79 Å². The lowest BCUT2D eigenvalue weighted by molar-refractivity contribution is -0.138. The van der Waals surface area contributed by atoms with Gasteiger partial charge in [0.2, 0.25) is 5.91 Å². The molecule has 17 heavy (non-hydrogen) atoms. The van der Waals surface area contributed by atoms with E-state index in [1.807, 2.05) is 11.9 Å². The van der Waals surface area contributed by atoms with Gasteiger partial charge in [-0.3, -0.25) is 4.79 Å². The van der Waals surface area contributed by atoms with Crippen molar-refractivity contribution in [1.82, 2.24) is 10.2 Å². The van der Waals surface area contributed by atoms with Gasteiger partial charge in [0.1, 0.15) is 0 Å². The molecule has 1 aliphatic heterocycles. The van der Waals surface area contributed by atoms with E-state index in [4.69, 9.17) is 0 Å². The van der Waals surface area contributed by atoms with Crippen LogP contribution in [0, 0.1) is 11.3 Å². The van der Waals surface area contributed by atoms with E-state index < -0.39 is 0 Å². The van der Waals surface area contributed by atoms with Gasteiger partial charge in [0.05, 0.1) is 0 Å². The molecule has 0 aromatic rings. The van der Waals surface area contributed by atoms with Crippen LogP contribution in [0.5, 0.6) is 0 Å². The van der Waals surface area contributed by atoms with E-state index in [1.165, 1.54) is 12.8 Å². The lowest BCUT2D eigenvalue weighted by Gasteiger charge is -2.34. The molecular weight excluding hydrogens is 236 g/mol. The quantitative estimate of drug-likeness (QED) is 0.843. The molecule has 2 aliphatic rings. The number of piperidine rings is 1. The molecule has 1 saturated carbocycles. The number of carbonyl (C=O) groups is 1. The Bertz CT molecular complexity index is 273. The number of carbonyl (C=O) groups excluding carboxylic acids is 1. The van der Waals surface area contributed by atoms with Crippen molar-refractivity contribution in [2.24, 2.45) is 11.3 Å². The van der Waals surface area contributed by atoms with Crippen molar-refractivity contribution >= 4 is 18.3 Å². The Morgan fingerprint density at radius 1 is 1.35 bits per heavy atom. The van der Waals surface area contributed by atoms with Crippen LogP contribution in [0.3, 0.4) is 0 Å². The van der Waals surface area contributed by atoms with E-state index in [2.05, 4.69) is 19.2 Å². The number of rotatable bonds is 3. The first-order valence-corrected chi connectivity index (χ1v) is 6.52. The molecule has 0 spiro atoms. The van der Waals surface area contributed by atoms with Crippen molar-refractivity contribution in [3.05, 3.63) is 0 Å². The summed E-state index contributed by atoms with van der Waals surface area (Å²) in [7, 11) is 1.98. The molecule has 2 rings (SSSR count). The molecule has 1 heterocycles. The van der Waals surface area contributed by atoms with Crippen molar-refractivity contribution in [2.45, 2.75) is 45.6 Å². The second-order valence-corrected chi connectivity index (χ2v) is 5.80. The van der Waals surface area contributed by atoms with Crippen LogP contribution in [-0.4, -0.2) is 37.0 Å². The van der Waals surface area contributed by atoms with Gasteiger partial charge in [0.15, 0.2) is 0 Å². The van der Waals surface area contributed by atoms with E-state index in [0.717, 1.165) is 25.9 Å². The van der Waals surface area contributed by atoms with Gasteiger partial charge in [0.25, 0.3) is 0 Å². The van der Waals surface area contributed by atoms with Crippen molar-refractivity contribution in [3.63, 3.8) is 0 Å². The number of nitrogens with one attached hydrogen (secondary N) is 1. The molecule has 1 saturated heterocycles. The third kappa shape index (κ3) is 3.14. The van der Waals surface area contributed by atoms with Crippen molar-refractivity contribution < 1.29 is 4.79 Å². The van der Waals surface area contributed by atoms with E-state index >= 15 is 0 Å². The minimum Gasteiger partial charge on any atom is -0.342 e. The van der Waals surface area contributed by atoms with Gasteiger partial charge in [-0.2, -0.15) is 0 Å². The topological polar surface area (TPSA) is 32.3 Å². The van der Waals surface area contributed by atoms with Crippen LogP contribution in [0.1, 0.15) is 39.5 Å². The Morgan fingerprint density at radius 2 is 1.88 bits per heavy atom. The Labute approximate surface area is 111 Å². The fourth-order valence-electron chi connectivity index (χ4n) is 2.63. The Balaban J connectivity index is 0.00000144. The van der Waals surface area contributed by atoms with Gasteiger partial charge in [-0.05, 0) is 51.1 Å². The molecular formula is C13H25ClN2O. The van der Waals surface area contributed by atoms with E-state index in [0.29, 0.717) is 17.4 Å². The molecule has 3 nitrogen and oxygen atoms in total. The molecule has 100 valence electrons. The molecule has 0 aromatic heterocycles. The van der Waals surface area contributed by atoms with Crippen LogP contribution in [0.15, 0.2) is 0 Å². The second-order valence-electron chi connectivity index (χ2n) is 5.80. The summed E-state index contributed by atoms with van der Waals surface area (Å²) in [6, 6.07) is 0.398. The summed E-state index contributed by atoms with van der Waals surface area (Å²) in [5, 5.41) is 3.31. The minimum absolute atomic E-state index is 0. The summed E-state index contributed by atoms with van der Waals surface area (Å²) < 4.78 is 0. The molecule has 4 heteroatoms. The zero-order valence-corrected chi connectivity index (χ0v) is 12.0. The molecule has 1 unspecified atom stereocenters. The van der Waals surface area contributed by atoms with Crippen LogP contribution in [0.4, 0.5) is 0 Å². The van der Waals surface area contributed by atoms with Crippen LogP contribution in [0.25, 0.3) is 0 Å². The van der Waals surface area contributed by atoms with Crippen LogP contribution >= 0.6 is 12.4 Å². The zero-order valence-electron chi connectivity index (χ0n) is 11.2. The smallest absolute Gasteiger partial charge is 0.225 e. The third-order valence-electron chi connectivity index (χ3n) is 4.66. The highest BCUT2D eigenvalue weighted by Gasteiger charge is 2.45. The van der Waals surface area contributed by atoms with Gasteiger partial charge in [-0.1, -0.05) is 6.92 Å². The highest BCUT2D eigenvalue weighted by molar-refractivity contribution is 5.85. The molecule has 0 aromatic carbocycles. The van der Waals surface area contributed by atoms with Crippen LogP contribution < -0.4 is 5.32 Å². The molecule has 1 atom stereocenters. The predicted molar refractivity (Wildman–Crippen MR) is 72.4 cm³/mol. The predicted octanol–water partition coefficient (Wildman–Crippen LogP) is 2.05. The number of halogens is 1. The lowest BCUT2D eigenvalue weighted by Crippen LogP contribution is -2.45. The Morgan fingerprint density at radius 3 is 2.35 bits per heavy atom. The highest BCUT2D eigenvalue weighted by Crippen LogP contribution is 2.49. The van der Waals surface area contributed by atoms with Gasteiger partial charge < -0.3 is 10.2 Å². The fraction of sp³-hybridized carbons (Fsp3) is 0.923. The molecule has 1 aliphatic carbocycles. The van der Waals surface area contributed by atoms with Crippen LogP contribution in [0.2, 0.25) is 0 Å². The van der Waals surface area contributed by atoms with Gasteiger partial charge in [-0.15, -0.1) is 12.4 Å². The molecule has 2 fully saturated rings. The maximum atomic E-state index is 12.3. The second kappa shape index (κ2) is 5.57. The Hall–Kier alpha value is -0.280. The standard InChI is InChI=1S/C13H24N2O.ClH/c1-10(13(2)6-7-13)15(3)12(16)11-4-8-14-9-5-11;/h10-11,14H,4-9H2,1-3H3;1H. The summed E-state index contributed by atoms with van der Waals surface area (Å²) >= 11 is 0. The van der Waals surface area contributed by atoms with Gasteiger partial charge >= 0.3 is 0 Å². The third-order valence-corrected chi connectivity index (χ3v) is 4.66. The summed E-state index contributed by atoms with van der Waals surface area (Å²) in [4.78, 5) is 14.3. The van der Waals surface area contributed by atoms with Crippen molar-refractivity contribution in [3.8, 4) is 0 Å². The molecule has 0 radical (unpaired) electrons. The summed E-state index contributed by atoms with van der Waals surface area (Å²) in [5.74, 6) is 0.623. The maximum Gasteiger partial charge on any atom is 0.225 e. The first-order chi connectivity index (χ1) is 7.54. The largest absolute Gasteiger partial charge is 0.342 e. The summed E-state index contributed by atoms with van der Waals surface area (Å²) in [6.45, 7) is 6.49. The molecule has 0 bridgehead atoms. The maximum absolute atomic E-state index is 12.3. The van der Waals surface area contributed by atoms with Gasteiger partial charge in [-0.25, -0.2) is 0 Å². The average Bonchev–Trinajstić information content (AvgIpc) is 3.07. The Kier molecular flexibility index (Phi) is 4.85. The summed E-state index contributed by atoms with van der Waals surface area (Å²) in [6.07, 6.45) is 4.56.